The summed E-state index contributed by atoms with van der Waals surface area (Å²) in [5.74, 6) is 0.716. The lowest BCUT2D eigenvalue weighted by molar-refractivity contribution is -0.146. The number of ether oxygens (including phenoxy) is 1. The van der Waals surface area contributed by atoms with Gasteiger partial charge < -0.3 is 14.6 Å². The minimum atomic E-state index is -0.440. The van der Waals surface area contributed by atoms with Crippen molar-refractivity contribution in [3.8, 4) is 22.5 Å². The van der Waals surface area contributed by atoms with Gasteiger partial charge in [0, 0.05) is 17.7 Å². The monoisotopic (exact) mass is 496 g/mol. The zero-order chi connectivity index (χ0) is 26.3. The van der Waals surface area contributed by atoms with E-state index in [1.54, 1.807) is 0 Å². The summed E-state index contributed by atoms with van der Waals surface area (Å²) in [6.45, 7) is 11.7. The summed E-state index contributed by atoms with van der Waals surface area (Å²) in [5.41, 5.74) is 7.07. The molecule has 0 spiro atoms. The number of nitrogens with zero attached hydrogens (tertiary/aromatic N) is 1. The predicted molar refractivity (Wildman–Crippen MR) is 149 cm³/mol. The highest BCUT2D eigenvalue weighted by molar-refractivity contribution is 5.87. The maximum absolute atomic E-state index is 12.4. The van der Waals surface area contributed by atoms with Crippen LogP contribution in [0.3, 0.4) is 0 Å². The second-order valence-corrected chi connectivity index (χ2v) is 9.44. The molecule has 1 heterocycles. The molecule has 1 N–H and O–H groups in total. The van der Waals surface area contributed by atoms with Crippen molar-refractivity contribution in [1.29, 1.82) is 0 Å². The van der Waals surface area contributed by atoms with Crippen molar-refractivity contribution in [3.63, 3.8) is 0 Å². The lowest BCUT2D eigenvalue weighted by atomic mass is 9.93. The highest BCUT2D eigenvalue weighted by Gasteiger charge is 2.52. The van der Waals surface area contributed by atoms with Crippen LogP contribution in [-0.2, 0) is 21.4 Å². The van der Waals surface area contributed by atoms with Crippen molar-refractivity contribution in [2.45, 2.75) is 45.4 Å². The zero-order valence-electron chi connectivity index (χ0n) is 22.0. The molecule has 4 rings (SSSR count). The van der Waals surface area contributed by atoms with Crippen LogP contribution in [0.1, 0.15) is 43.5 Å². The summed E-state index contributed by atoms with van der Waals surface area (Å²) >= 11 is 0. The van der Waals surface area contributed by atoms with Gasteiger partial charge in [0.1, 0.15) is 0 Å². The van der Waals surface area contributed by atoms with Crippen LogP contribution in [0.5, 0.6) is 0 Å². The topological polar surface area (TPSA) is 64.4 Å². The van der Waals surface area contributed by atoms with Gasteiger partial charge in [-0.15, -0.1) is 0 Å². The fourth-order valence-electron chi connectivity index (χ4n) is 4.70. The number of nitrogens with one attached hydrogen (secondary N) is 1. The van der Waals surface area contributed by atoms with Gasteiger partial charge in [0.25, 0.3) is 0 Å². The Hall–Kier alpha value is -3.70. The molecule has 0 amide bonds. The molecule has 1 aliphatic carbocycles. The number of carbonyl (C=O) groups excluding carboxylic acids is 1. The molecule has 1 saturated carbocycles. The fraction of sp³-hybridized carbons (Fsp3) is 0.312. The van der Waals surface area contributed by atoms with Gasteiger partial charge in [-0.3, -0.25) is 4.79 Å². The van der Waals surface area contributed by atoms with E-state index in [0.29, 0.717) is 6.61 Å². The van der Waals surface area contributed by atoms with Gasteiger partial charge in [0.2, 0.25) is 0 Å². The molecule has 5 heteroatoms. The van der Waals surface area contributed by atoms with Crippen LogP contribution in [0.4, 0.5) is 0 Å². The molecule has 192 valence electrons. The first-order valence-electron chi connectivity index (χ1n) is 13.0. The van der Waals surface area contributed by atoms with Gasteiger partial charge in [-0.05, 0) is 68.8 Å². The maximum atomic E-state index is 12.4. The SMILES string of the molecule is C=C/C=C(\C=C/C)CNCCc1c(C)noc1-c1ccc(-c2ccc(C3(C(=O)OCC)CC3)cc2)cc1. The number of aromatic nitrogens is 1. The molecular weight excluding hydrogens is 460 g/mol. The third-order valence-electron chi connectivity index (χ3n) is 6.91. The third kappa shape index (κ3) is 6.00. The molecule has 3 aromatic rings. The molecule has 37 heavy (non-hydrogen) atoms. The number of allylic oxidation sites excluding steroid dienone is 3. The van der Waals surface area contributed by atoms with E-state index in [1.807, 2.05) is 39.0 Å². The summed E-state index contributed by atoms with van der Waals surface area (Å²) in [4.78, 5) is 12.4. The van der Waals surface area contributed by atoms with Crippen molar-refractivity contribution in [3.05, 3.63) is 102 Å². The molecule has 0 bridgehead atoms. The maximum Gasteiger partial charge on any atom is 0.316 e. The first kappa shape index (κ1) is 26.4. The number of hydrogen-bond acceptors (Lipinski definition) is 5. The molecule has 1 aliphatic rings. The van der Waals surface area contributed by atoms with E-state index in [4.69, 9.17) is 9.26 Å². The number of esters is 1. The average molecular weight is 497 g/mol. The molecule has 0 saturated heterocycles. The molecular formula is C32H36N2O3. The van der Waals surface area contributed by atoms with Gasteiger partial charge >= 0.3 is 5.97 Å². The molecule has 1 fully saturated rings. The first-order valence-corrected chi connectivity index (χ1v) is 13.0. The predicted octanol–water partition coefficient (Wildman–Crippen LogP) is 6.73. The second-order valence-electron chi connectivity index (χ2n) is 9.44. The van der Waals surface area contributed by atoms with Gasteiger partial charge in [-0.1, -0.05) is 84.6 Å². The van der Waals surface area contributed by atoms with E-state index >= 15 is 0 Å². The molecule has 5 nitrogen and oxygen atoms in total. The number of hydrogen-bond donors (Lipinski definition) is 1. The number of benzene rings is 2. The Labute approximate surface area is 219 Å². The second kappa shape index (κ2) is 12.0. The van der Waals surface area contributed by atoms with Crippen LogP contribution in [0.15, 0.2) is 89.5 Å². The van der Waals surface area contributed by atoms with Crippen LogP contribution in [0, 0.1) is 6.92 Å². The highest BCUT2D eigenvalue weighted by atomic mass is 16.5. The average Bonchev–Trinajstić information content (AvgIpc) is 3.65. The van der Waals surface area contributed by atoms with Gasteiger partial charge in [0.05, 0.1) is 17.7 Å². The highest BCUT2D eigenvalue weighted by Crippen LogP contribution is 2.49. The quantitative estimate of drug-likeness (QED) is 0.171. The number of aryl methyl sites for hydroxylation is 1. The normalized spacial score (nSPS) is 14.6. The van der Waals surface area contributed by atoms with Crippen LogP contribution in [0.25, 0.3) is 22.5 Å². The van der Waals surface area contributed by atoms with E-state index in [1.165, 1.54) is 5.57 Å². The Morgan fingerprint density at radius 2 is 1.76 bits per heavy atom. The summed E-state index contributed by atoms with van der Waals surface area (Å²) in [5, 5.41) is 7.73. The van der Waals surface area contributed by atoms with E-state index in [2.05, 4.69) is 71.7 Å². The van der Waals surface area contributed by atoms with E-state index < -0.39 is 5.41 Å². The smallest absolute Gasteiger partial charge is 0.316 e. The first-order chi connectivity index (χ1) is 18.0. The fourth-order valence-corrected chi connectivity index (χ4v) is 4.70. The third-order valence-corrected chi connectivity index (χ3v) is 6.91. The minimum Gasteiger partial charge on any atom is -0.465 e. The Morgan fingerprint density at radius 1 is 1.11 bits per heavy atom. The van der Waals surface area contributed by atoms with Crippen molar-refractivity contribution < 1.29 is 14.1 Å². The van der Waals surface area contributed by atoms with Gasteiger partial charge in [-0.2, -0.15) is 0 Å². The molecule has 2 aromatic carbocycles. The molecule has 0 radical (unpaired) electrons. The molecule has 0 aliphatic heterocycles. The Morgan fingerprint density at radius 3 is 2.35 bits per heavy atom. The van der Waals surface area contributed by atoms with Gasteiger partial charge in [-0.25, -0.2) is 0 Å². The minimum absolute atomic E-state index is 0.105. The van der Waals surface area contributed by atoms with Crippen molar-refractivity contribution in [2.24, 2.45) is 0 Å². The van der Waals surface area contributed by atoms with E-state index in [9.17, 15) is 4.79 Å². The summed E-state index contributed by atoms with van der Waals surface area (Å²) in [6, 6.07) is 16.7. The summed E-state index contributed by atoms with van der Waals surface area (Å²) in [6.07, 6.45) is 10.5. The Kier molecular flexibility index (Phi) is 8.57. The van der Waals surface area contributed by atoms with E-state index in [0.717, 1.165) is 71.6 Å². The van der Waals surface area contributed by atoms with Crippen molar-refractivity contribution >= 4 is 5.97 Å². The molecule has 1 aromatic heterocycles. The standard InChI is InChI=1S/C32H36N2O3/c1-5-8-24(9-6-2)22-33-21-18-29-23(4)34-37-30(29)27-12-10-25(11-13-27)26-14-16-28(17-15-26)32(19-20-32)31(35)36-7-3/h5-6,8-17,33H,1,7,18-22H2,2-4H3/b9-6-,24-8+. The van der Waals surface area contributed by atoms with Crippen LogP contribution >= 0.6 is 0 Å². The number of rotatable bonds is 12. The Balaban J connectivity index is 1.42. The van der Waals surface area contributed by atoms with Crippen LogP contribution < -0.4 is 5.32 Å². The van der Waals surface area contributed by atoms with Gasteiger partial charge in [0.15, 0.2) is 5.76 Å². The molecule has 0 atom stereocenters. The molecule has 0 unspecified atom stereocenters. The van der Waals surface area contributed by atoms with Crippen molar-refractivity contribution in [1.82, 2.24) is 10.5 Å². The zero-order valence-corrected chi connectivity index (χ0v) is 22.0. The summed E-state index contributed by atoms with van der Waals surface area (Å²) < 4.78 is 11.0. The van der Waals surface area contributed by atoms with Crippen molar-refractivity contribution in [2.75, 3.05) is 19.7 Å². The summed E-state index contributed by atoms with van der Waals surface area (Å²) in [7, 11) is 0. The Bertz CT molecular complexity index is 1280. The lowest BCUT2D eigenvalue weighted by Gasteiger charge is -2.14. The number of carbonyl (C=O) groups is 1. The van der Waals surface area contributed by atoms with Crippen LogP contribution in [-0.4, -0.2) is 30.8 Å². The lowest BCUT2D eigenvalue weighted by Crippen LogP contribution is -2.23. The largest absolute Gasteiger partial charge is 0.465 e. The van der Waals surface area contributed by atoms with E-state index in [-0.39, 0.29) is 5.97 Å². The van der Waals surface area contributed by atoms with Crippen LogP contribution in [0.2, 0.25) is 0 Å².